The van der Waals surface area contributed by atoms with E-state index in [4.69, 9.17) is 23.8 Å². The largest absolute Gasteiger partial charge is 0.456 e. The molecule has 0 spiro atoms. The number of fused-ring (bicyclic) bond motifs is 9. The van der Waals surface area contributed by atoms with Crippen LogP contribution in [0.4, 0.5) is 0 Å². The third-order valence-electron chi connectivity index (χ3n) is 9.76. The summed E-state index contributed by atoms with van der Waals surface area (Å²) in [5.41, 5.74) is 8.06. The maximum absolute atomic E-state index is 6.86. The van der Waals surface area contributed by atoms with Crippen molar-refractivity contribution in [3.63, 3.8) is 0 Å². The van der Waals surface area contributed by atoms with Gasteiger partial charge in [0.25, 0.3) is 0 Å². The number of hydrogen-bond donors (Lipinski definition) is 0. The molecule has 0 fully saturated rings. The summed E-state index contributed by atoms with van der Waals surface area (Å²) in [6, 6.07) is 52.1. The maximum atomic E-state index is 6.86. The van der Waals surface area contributed by atoms with Gasteiger partial charge in [0.2, 0.25) is 0 Å². The van der Waals surface area contributed by atoms with Crippen molar-refractivity contribution in [2.24, 2.45) is 0 Å². The van der Waals surface area contributed by atoms with E-state index in [1.807, 2.05) is 60.7 Å². The summed E-state index contributed by atoms with van der Waals surface area (Å²) in [4.78, 5) is 15.2. The minimum Gasteiger partial charge on any atom is -0.456 e. The Morgan fingerprint density at radius 2 is 0.980 bits per heavy atom. The molecule has 0 aliphatic rings. The highest BCUT2D eigenvalue weighted by atomic mass is 32.1. The minimum absolute atomic E-state index is 0.563. The number of thiophene rings is 1. The van der Waals surface area contributed by atoms with Crippen LogP contribution in [0.1, 0.15) is 0 Å². The molecule has 0 bridgehead atoms. The van der Waals surface area contributed by atoms with E-state index in [1.165, 1.54) is 20.2 Å². The first-order valence-electron chi connectivity index (χ1n) is 16.8. The van der Waals surface area contributed by atoms with Crippen LogP contribution in [-0.2, 0) is 0 Å². The summed E-state index contributed by atoms with van der Waals surface area (Å²) in [6.07, 6.45) is 0. The SMILES string of the molecule is c1ccc(-c2nc(-c3ccc4c(c3)sc3ccccc34)nc(-c3cccc4c3oc3c(-c5ccc6oc7ccccc7c6c5)cccc34)n2)cc1. The third-order valence-corrected chi connectivity index (χ3v) is 10.9. The van der Waals surface area contributed by atoms with Gasteiger partial charge in [-0.25, -0.2) is 15.0 Å². The van der Waals surface area contributed by atoms with Crippen molar-refractivity contribution in [3.8, 4) is 45.3 Å². The van der Waals surface area contributed by atoms with Crippen LogP contribution in [0.5, 0.6) is 0 Å². The minimum atomic E-state index is 0.563. The topological polar surface area (TPSA) is 65.0 Å². The Bertz CT molecular complexity index is 3160. The van der Waals surface area contributed by atoms with Crippen molar-refractivity contribution in [3.05, 3.63) is 152 Å². The molecule has 11 rings (SSSR count). The zero-order valence-electron chi connectivity index (χ0n) is 27.0. The summed E-state index contributed by atoms with van der Waals surface area (Å²) < 4.78 is 15.4. The fourth-order valence-electron chi connectivity index (χ4n) is 7.32. The average molecular weight is 672 g/mol. The van der Waals surface area contributed by atoms with E-state index in [-0.39, 0.29) is 0 Å². The first-order chi connectivity index (χ1) is 25.2. The Balaban J connectivity index is 1.11. The molecule has 0 aliphatic heterocycles. The lowest BCUT2D eigenvalue weighted by atomic mass is 10.00. The molecular weight excluding hydrogens is 647 g/mol. The second kappa shape index (κ2) is 10.9. The number of nitrogens with zero attached hydrogens (tertiary/aromatic N) is 3. The van der Waals surface area contributed by atoms with Crippen LogP contribution in [0.15, 0.2) is 160 Å². The second-order valence-electron chi connectivity index (χ2n) is 12.8. The molecule has 0 unspecified atom stereocenters. The number of benzene rings is 7. The highest BCUT2D eigenvalue weighted by Gasteiger charge is 2.20. The molecule has 51 heavy (non-hydrogen) atoms. The molecule has 4 heterocycles. The predicted octanol–water partition coefficient (Wildman–Crippen LogP) is 12.7. The van der Waals surface area contributed by atoms with Crippen molar-refractivity contribution < 1.29 is 8.83 Å². The molecule has 0 radical (unpaired) electrons. The Morgan fingerprint density at radius 1 is 0.353 bits per heavy atom. The molecule has 0 N–H and O–H groups in total. The molecule has 0 saturated heterocycles. The first kappa shape index (κ1) is 28.2. The number of furan rings is 2. The molecule has 238 valence electrons. The van der Waals surface area contributed by atoms with Gasteiger partial charge in [-0.15, -0.1) is 11.3 Å². The lowest BCUT2D eigenvalue weighted by molar-refractivity contribution is 0.668. The smallest absolute Gasteiger partial charge is 0.167 e. The quantitative estimate of drug-likeness (QED) is 0.186. The van der Waals surface area contributed by atoms with Gasteiger partial charge in [0, 0.05) is 58.4 Å². The second-order valence-corrected chi connectivity index (χ2v) is 13.8. The first-order valence-corrected chi connectivity index (χ1v) is 17.7. The molecule has 5 nitrogen and oxygen atoms in total. The zero-order valence-corrected chi connectivity index (χ0v) is 27.8. The fourth-order valence-corrected chi connectivity index (χ4v) is 8.47. The standard InChI is InChI=1S/C45H25N3O2S/c1-2-10-26(11-3-1)43-46-44(28-20-22-32-31-13-5-7-19-39(31)51-40(32)25-28)48-45(47-43)35-17-9-16-34-33-15-8-14-29(41(33)50-42(34)35)27-21-23-38-36(24-27)30-12-4-6-18-37(30)49-38/h1-25H. The van der Waals surface area contributed by atoms with Crippen LogP contribution in [0, 0.1) is 0 Å². The van der Waals surface area contributed by atoms with Crippen LogP contribution in [0.25, 0.3) is 109 Å². The number of aromatic nitrogens is 3. The van der Waals surface area contributed by atoms with Crippen molar-refractivity contribution in [1.29, 1.82) is 0 Å². The van der Waals surface area contributed by atoms with Crippen molar-refractivity contribution >= 4 is 75.4 Å². The van der Waals surface area contributed by atoms with E-state index in [2.05, 4.69) is 91.0 Å². The average Bonchev–Trinajstić information content (AvgIpc) is 3.88. The molecular formula is C45H25N3O2S. The molecule has 0 aliphatic carbocycles. The van der Waals surface area contributed by atoms with Gasteiger partial charge >= 0.3 is 0 Å². The van der Waals surface area contributed by atoms with Gasteiger partial charge in [-0.05, 0) is 42.0 Å². The number of hydrogen-bond acceptors (Lipinski definition) is 6. The summed E-state index contributed by atoms with van der Waals surface area (Å²) in [5.74, 6) is 1.79. The van der Waals surface area contributed by atoms with Crippen LogP contribution in [0.2, 0.25) is 0 Å². The molecule has 11 aromatic rings. The van der Waals surface area contributed by atoms with E-state index in [0.29, 0.717) is 17.5 Å². The summed E-state index contributed by atoms with van der Waals surface area (Å²) in [6.45, 7) is 0. The summed E-state index contributed by atoms with van der Waals surface area (Å²) in [7, 11) is 0. The Hall–Kier alpha value is -6.63. The van der Waals surface area contributed by atoms with E-state index in [0.717, 1.165) is 71.7 Å². The molecule has 0 saturated carbocycles. The normalized spacial score (nSPS) is 11.9. The van der Waals surface area contributed by atoms with Crippen molar-refractivity contribution in [2.75, 3.05) is 0 Å². The van der Waals surface area contributed by atoms with Gasteiger partial charge in [-0.1, -0.05) is 115 Å². The Labute approximate surface area is 295 Å². The lowest BCUT2D eigenvalue weighted by Gasteiger charge is -2.09. The van der Waals surface area contributed by atoms with Crippen LogP contribution < -0.4 is 0 Å². The van der Waals surface area contributed by atoms with Gasteiger partial charge in [-0.2, -0.15) is 0 Å². The van der Waals surface area contributed by atoms with Crippen LogP contribution >= 0.6 is 11.3 Å². The van der Waals surface area contributed by atoms with Gasteiger partial charge in [0.05, 0.1) is 5.56 Å². The number of rotatable bonds is 4. The molecule has 6 heteroatoms. The van der Waals surface area contributed by atoms with Gasteiger partial charge in [0.1, 0.15) is 22.3 Å². The zero-order chi connectivity index (χ0) is 33.5. The fraction of sp³-hybridized carbons (Fsp3) is 0. The summed E-state index contributed by atoms with van der Waals surface area (Å²) >= 11 is 1.79. The van der Waals surface area contributed by atoms with Crippen molar-refractivity contribution in [2.45, 2.75) is 0 Å². The van der Waals surface area contributed by atoms with E-state index in [1.54, 1.807) is 11.3 Å². The Kier molecular flexibility index (Phi) is 6.05. The van der Waals surface area contributed by atoms with E-state index in [9.17, 15) is 0 Å². The molecule has 7 aromatic carbocycles. The maximum Gasteiger partial charge on any atom is 0.167 e. The molecule has 0 atom stereocenters. The van der Waals surface area contributed by atoms with Gasteiger partial charge in [-0.3, -0.25) is 0 Å². The number of para-hydroxylation sites is 3. The molecule has 4 aromatic heterocycles. The van der Waals surface area contributed by atoms with Gasteiger partial charge < -0.3 is 8.83 Å². The van der Waals surface area contributed by atoms with E-state index >= 15 is 0 Å². The van der Waals surface area contributed by atoms with E-state index < -0.39 is 0 Å². The monoisotopic (exact) mass is 671 g/mol. The van der Waals surface area contributed by atoms with Crippen LogP contribution in [-0.4, -0.2) is 15.0 Å². The highest BCUT2D eigenvalue weighted by molar-refractivity contribution is 7.25. The Morgan fingerprint density at radius 3 is 1.84 bits per heavy atom. The predicted molar refractivity (Wildman–Crippen MR) is 209 cm³/mol. The summed E-state index contributed by atoms with van der Waals surface area (Å²) in [5, 5.41) is 6.72. The van der Waals surface area contributed by atoms with Crippen molar-refractivity contribution in [1.82, 2.24) is 15.0 Å². The third kappa shape index (κ3) is 4.43. The lowest BCUT2D eigenvalue weighted by Crippen LogP contribution is -2.00. The highest BCUT2D eigenvalue weighted by Crippen LogP contribution is 2.42. The molecule has 0 amide bonds. The van der Waals surface area contributed by atoms with Gasteiger partial charge in [0.15, 0.2) is 17.5 Å². The van der Waals surface area contributed by atoms with Crippen LogP contribution in [0.3, 0.4) is 0 Å².